The van der Waals surface area contributed by atoms with Crippen molar-refractivity contribution in [2.24, 2.45) is 0 Å². The van der Waals surface area contributed by atoms with Crippen LogP contribution in [0.25, 0.3) is 0 Å². The van der Waals surface area contributed by atoms with Crippen LogP contribution in [0.3, 0.4) is 0 Å². The fourth-order valence-corrected chi connectivity index (χ4v) is 3.33. The van der Waals surface area contributed by atoms with Crippen molar-refractivity contribution in [3.8, 4) is 0 Å². The molecule has 0 saturated carbocycles. The van der Waals surface area contributed by atoms with Crippen molar-refractivity contribution in [1.29, 1.82) is 0 Å². The third kappa shape index (κ3) is 6.29. The Morgan fingerprint density at radius 1 is 0.903 bits per heavy atom. The third-order valence-electron chi connectivity index (χ3n) is 5.27. The second-order valence-electron chi connectivity index (χ2n) is 7.49. The third-order valence-corrected chi connectivity index (χ3v) is 5.27. The Labute approximate surface area is 182 Å². The van der Waals surface area contributed by atoms with Crippen molar-refractivity contribution in [1.82, 2.24) is 10.2 Å². The number of esters is 1. The van der Waals surface area contributed by atoms with Crippen molar-refractivity contribution in [3.05, 3.63) is 59.7 Å². The van der Waals surface area contributed by atoms with E-state index in [-0.39, 0.29) is 0 Å². The lowest BCUT2D eigenvalue weighted by atomic mass is 10.1. The number of methoxy groups -OCH3 is 1. The number of benzene rings is 2. The molecule has 2 N–H and O–H groups in total. The van der Waals surface area contributed by atoms with Gasteiger partial charge in [-0.05, 0) is 55.4 Å². The van der Waals surface area contributed by atoms with Gasteiger partial charge in [0.05, 0.1) is 12.7 Å². The predicted molar refractivity (Wildman–Crippen MR) is 119 cm³/mol. The minimum Gasteiger partial charge on any atom is -0.465 e. The molecule has 2 aromatic carbocycles. The van der Waals surface area contributed by atoms with Crippen LogP contribution in [0.5, 0.6) is 0 Å². The molecule has 1 aliphatic rings. The van der Waals surface area contributed by atoms with Crippen LogP contribution in [0.1, 0.15) is 15.9 Å². The first-order chi connectivity index (χ1) is 15.0. The average Bonchev–Trinajstić information content (AvgIpc) is 2.80. The monoisotopic (exact) mass is 424 g/mol. The Bertz CT molecular complexity index is 904. The SMILES string of the molecule is COC(=O)c1ccc(NC(=O)C(=O)NCCc2ccc(N3CCN(C)CC3)cc2)cc1. The summed E-state index contributed by atoms with van der Waals surface area (Å²) in [5.41, 5.74) is 3.09. The second-order valence-corrected chi connectivity index (χ2v) is 7.49. The van der Waals surface area contributed by atoms with Gasteiger partial charge in [-0.15, -0.1) is 0 Å². The van der Waals surface area contributed by atoms with Crippen LogP contribution >= 0.6 is 0 Å². The van der Waals surface area contributed by atoms with Crippen LogP contribution in [0.15, 0.2) is 48.5 Å². The van der Waals surface area contributed by atoms with Crippen molar-refractivity contribution in [2.45, 2.75) is 6.42 Å². The van der Waals surface area contributed by atoms with E-state index in [9.17, 15) is 14.4 Å². The van der Waals surface area contributed by atoms with Crippen molar-refractivity contribution >= 4 is 29.2 Å². The van der Waals surface area contributed by atoms with Crippen LogP contribution < -0.4 is 15.5 Å². The van der Waals surface area contributed by atoms with Gasteiger partial charge in [0.2, 0.25) is 0 Å². The number of carbonyl (C=O) groups excluding carboxylic acids is 3. The lowest BCUT2D eigenvalue weighted by molar-refractivity contribution is -0.136. The lowest BCUT2D eigenvalue weighted by Gasteiger charge is -2.34. The maximum absolute atomic E-state index is 12.0. The molecule has 164 valence electrons. The summed E-state index contributed by atoms with van der Waals surface area (Å²) in [6, 6.07) is 14.4. The number of rotatable bonds is 6. The fourth-order valence-electron chi connectivity index (χ4n) is 3.33. The van der Waals surface area contributed by atoms with Crippen molar-refractivity contribution in [3.63, 3.8) is 0 Å². The number of amides is 2. The Morgan fingerprint density at radius 3 is 2.16 bits per heavy atom. The van der Waals surface area contributed by atoms with E-state index < -0.39 is 17.8 Å². The largest absolute Gasteiger partial charge is 0.465 e. The predicted octanol–water partition coefficient (Wildman–Crippen LogP) is 1.52. The van der Waals surface area contributed by atoms with Crippen LogP contribution in [0.2, 0.25) is 0 Å². The van der Waals surface area contributed by atoms with E-state index in [4.69, 9.17) is 0 Å². The maximum atomic E-state index is 12.0. The highest BCUT2D eigenvalue weighted by molar-refractivity contribution is 6.39. The van der Waals surface area contributed by atoms with Gasteiger partial charge in [0.15, 0.2) is 0 Å². The Balaban J connectivity index is 1.42. The molecule has 0 aliphatic carbocycles. The number of nitrogens with zero attached hydrogens (tertiary/aromatic N) is 2. The molecule has 1 saturated heterocycles. The summed E-state index contributed by atoms with van der Waals surface area (Å²) in [6.07, 6.45) is 0.635. The quantitative estimate of drug-likeness (QED) is 0.540. The van der Waals surface area contributed by atoms with Crippen LogP contribution in [-0.2, 0) is 20.7 Å². The summed E-state index contributed by atoms with van der Waals surface area (Å²) in [6.45, 7) is 4.52. The molecule has 1 heterocycles. The molecule has 1 fully saturated rings. The molecule has 31 heavy (non-hydrogen) atoms. The van der Waals surface area contributed by atoms with Gasteiger partial charge < -0.3 is 25.2 Å². The average molecular weight is 425 g/mol. The van der Waals surface area contributed by atoms with Crippen LogP contribution in [0, 0.1) is 0 Å². The Kier molecular flexibility index (Phi) is 7.61. The van der Waals surface area contributed by atoms with Gasteiger partial charge >= 0.3 is 17.8 Å². The number of hydrogen-bond acceptors (Lipinski definition) is 6. The lowest BCUT2D eigenvalue weighted by Crippen LogP contribution is -2.44. The molecule has 0 radical (unpaired) electrons. The van der Waals surface area contributed by atoms with Gasteiger partial charge in [0.1, 0.15) is 0 Å². The minimum absolute atomic E-state index is 0.362. The number of hydrogen-bond donors (Lipinski definition) is 2. The Hall–Kier alpha value is -3.39. The second kappa shape index (κ2) is 10.6. The van der Waals surface area contributed by atoms with Gasteiger partial charge in [-0.2, -0.15) is 0 Å². The highest BCUT2D eigenvalue weighted by Crippen LogP contribution is 2.17. The first-order valence-corrected chi connectivity index (χ1v) is 10.3. The summed E-state index contributed by atoms with van der Waals surface area (Å²) in [5.74, 6) is -1.92. The molecule has 2 aromatic rings. The highest BCUT2D eigenvalue weighted by Gasteiger charge is 2.15. The molecule has 0 spiro atoms. The molecule has 8 heteroatoms. The van der Waals surface area contributed by atoms with E-state index in [2.05, 4.69) is 56.5 Å². The molecule has 8 nitrogen and oxygen atoms in total. The zero-order valence-corrected chi connectivity index (χ0v) is 17.9. The molecule has 3 rings (SSSR count). The smallest absolute Gasteiger partial charge is 0.337 e. The van der Waals surface area contributed by atoms with E-state index in [0.717, 1.165) is 31.7 Å². The van der Waals surface area contributed by atoms with Gasteiger partial charge in [0, 0.05) is 44.1 Å². The van der Waals surface area contributed by atoms with E-state index in [1.165, 1.54) is 24.9 Å². The number of nitrogens with one attached hydrogen (secondary N) is 2. The van der Waals surface area contributed by atoms with Gasteiger partial charge in [-0.25, -0.2) is 4.79 Å². The van der Waals surface area contributed by atoms with E-state index >= 15 is 0 Å². The molecular weight excluding hydrogens is 396 g/mol. The first kappa shape index (κ1) is 22.3. The van der Waals surface area contributed by atoms with Crippen molar-refractivity contribution < 1.29 is 19.1 Å². The van der Waals surface area contributed by atoms with Gasteiger partial charge in [-0.1, -0.05) is 12.1 Å². The number of carbonyl (C=O) groups is 3. The minimum atomic E-state index is -0.753. The van der Waals surface area contributed by atoms with E-state index in [1.807, 2.05) is 0 Å². The van der Waals surface area contributed by atoms with Crippen LogP contribution in [0.4, 0.5) is 11.4 Å². The van der Waals surface area contributed by atoms with Crippen LogP contribution in [-0.4, -0.2) is 69.6 Å². The molecule has 2 amide bonds. The standard InChI is InChI=1S/C23H28N4O4/c1-26-13-15-27(16-14-26)20-9-3-17(4-10-20)11-12-24-21(28)22(29)25-19-7-5-18(6-8-19)23(30)31-2/h3-10H,11-16H2,1-2H3,(H,24,28)(H,25,29). The first-order valence-electron chi connectivity index (χ1n) is 10.3. The summed E-state index contributed by atoms with van der Waals surface area (Å²) in [7, 11) is 3.43. The topological polar surface area (TPSA) is 91.0 Å². The number of ether oxygens (including phenoxy) is 1. The number of anilines is 2. The summed E-state index contributed by atoms with van der Waals surface area (Å²) in [5, 5.41) is 5.14. The zero-order chi connectivity index (χ0) is 22.2. The highest BCUT2D eigenvalue weighted by atomic mass is 16.5. The molecule has 0 aromatic heterocycles. The van der Waals surface area contributed by atoms with E-state index in [0.29, 0.717) is 24.2 Å². The number of likely N-dealkylation sites (N-methyl/N-ethyl adjacent to an activating group) is 1. The maximum Gasteiger partial charge on any atom is 0.337 e. The van der Waals surface area contributed by atoms with Crippen molar-refractivity contribution in [2.75, 3.05) is 57.1 Å². The van der Waals surface area contributed by atoms with Gasteiger partial charge in [-0.3, -0.25) is 9.59 Å². The molecular formula is C23H28N4O4. The Morgan fingerprint density at radius 2 is 1.55 bits per heavy atom. The molecule has 0 atom stereocenters. The summed E-state index contributed by atoms with van der Waals surface area (Å²) < 4.78 is 4.62. The molecule has 0 bridgehead atoms. The summed E-state index contributed by atoms with van der Waals surface area (Å²) in [4.78, 5) is 40.2. The van der Waals surface area contributed by atoms with E-state index in [1.54, 1.807) is 12.1 Å². The van der Waals surface area contributed by atoms with Gasteiger partial charge in [0.25, 0.3) is 0 Å². The fraction of sp³-hybridized carbons (Fsp3) is 0.348. The summed E-state index contributed by atoms with van der Waals surface area (Å²) >= 11 is 0. The molecule has 1 aliphatic heterocycles. The normalized spacial score (nSPS) is 14.1. The zero-order valence-electron chi connectivity index (χ0n) is 17.9. The number of piperazine rings is 1. The molecule has 0 unspecified atom stereocenters.